The van der Waals surface area contributed by atoms with Gasteiger partial charge < -0.3 is 11.1 Å². The molecule has 0 aromatic heterocycles. The number of nitrogens with one attached hydrogen (secondary N) is 1. The molecule has 0 aliphatic rings. The molecule has 108 valence electrons. The predicted octanol–water partition coefficient (Wildman–Crippen LogP) is 2.71. The lowest BCUT2D eigenvalue weighted by atomic mass is 10.2. The number of carbonyl (C=O) groups excluding carboxylic acids is 1. The van der Waals surface area contributed by atoms with E-state index < -0.39 is 28.2 Å². The van der Waals surface area contributed by atoms with Gasteiger partial charge >= 0.3 is 5.69 Å². The third-order valence-electron chi connectivity index (χ3n) is 2.66. The van der Waals surface area contributed by atoms with E-state index in [0.29, 0.717) is 0 Å². The van der Waals surface area contributed by atoms with Crippen molar-refractivity contribution >= 4 is 23.0 Å². The molecule has 0 unspecified atom stereocenters. The molecule has 6 nitrogen and oxygen atoms in total. The lowest BCUT2D eigenvalue weighted by Crippen LogP contribution is -2.12. The van der Waals surface area contributed by atoms with Gasteiger partial charge in [-0.05, 0) is 24.3 Å². The molecule has 0 heterocycles. The number of halogens is 2. The van der Waals surface area contributed by atoms with Gasteiger partial charge in [0.1, 0.15) is 5.82 Å². The highest BCUT2D eigenvalue weighted by Gasteiger charge is 2.15. The Balaban J connectivity index is 2.21. The van der Waals surface area contributed by atoms with Crippen molar-refractivity contribution in [3.63, 3.8) is 0 Å². The molecular weight excluding hydrogens is 284 g/mol. The van der Waals surface area contributed by atoms with E-state index >= 15 is 0 Å². The minimum atomic E-state index is -1.08. The monoisotopic (exact) mass is 293 g/mol. The van der Waals surface area contributed by atoms with Gasteiger partial charge in [0.2, 0.25) is 5.82 Å². The summed E-state index contributed by atoms with van der Waals surface area (Å²) in [6, 6.07) is 6.37. The molecule has 0 spiro atoms. The number of anilines is 2. The van der Waals surface area contributed by atoms with Crippen molar-refractivity contribution < 1.29 is 18.5 Å². The summed E-state index contributed by atoms with van der Waals surface area (Å²) in [4.78, 5) is 21.4. The highest BCUT2D eigenvalue weighted by atomic mass is 19.1. The van der Waals surface area contributed by atoms with E-state index in [0.717, 1.165) is 18.2 Å². The normalized spacial score (nSPS) is 10.2. The standard InChI is InChI=1S/C13H9F2N3O3/c14-9-5-7(1-3-11(9)16)13(19)17-8-2-4-12(18(20)21)10(15)6-8/h1-6H,16H2,(H,17,19). The van der Waals surface area contributed by atoms with E-state index in [1.165, 1.54) is 18.2 Å². The zero-order valence-corrected chi connectivity index (χ0v) is 10.5. The van der Waals surface area contributed by atoms with Crippen molar-refractivity contribution in [2.45, 2.75) is 0 Å². The van der Waals surface area contributed by atoms with Gasteiger partial charge in [-0.15, -0.1) is 0 Å². The van der Waals surface area contributed by atoms with E-state index in [-0.39, 0.29) is 16.9 Å². The van der Waals surface area contributed by atoms with Crippen LogP contribution in [0.3, 0.4) is 0 Å². The van der Waals surface area contributed by atoms with Crippen molar-refractivity contribution in [1.29, 1.82) is 0 Å². The summed E-state index contributed by atoms with van der Waals surface area (Å²) < 4.78 is 26.6. The van der Waals surface area contributed by atoms with Crippen molar-refractivity contribution in [2.75, 3.05) is 11.1 Å². The van der Waals surface area contributed by atoms with Crippen LogP contribution in [0, 0.1) is 21.7 Å². The Kier molecular flexibility index (Phi) is 3.79. The third-order valence-corrected chi connectivity index (χ3v) is 2.66. The van der Waals surface area contributed by atoms with Crippen LogP contribution in [0.4, 0.5) is 25.8 Å². The number of rotatable bonds is 3. The van der Waals surface area contributed by atoms with Crippen molar-refractivity contribution in [3.05, 3.63) is 63.7 Å². The van der Waals surface area contributed by atoms with Gasteiger partial charge in [0.15, 0.2) is 0 Å². The van der Waals surface area contributed by atoms with Crippen molar-refractivity contribution in [1.82, 2.24) is 0 Å². The van der Waals surface area contributed by atoms with Gasteiger partial charge in [0.05, 0.1) is 10.6 Å². The van der Waals surface area contributed by atoms with Crippen LogP contribution in [0.1, 0.15) is 10.4 Å². The van der Waals surface area contributed by atoms with E-state index in [4.69, 9.17) is 5.73 Å². The second kappa shape index (κ2) is 5.53. The number of benzene rings is 2. The van der Waals surface area contributed by atoms with E-state index in [1.807, 2.05) is 0 Å². The molecule has 21 heavy (non-hydrogen) atoms. The van der Waals surface area contributed by atoms with Crippen LogP contribution in [0.15, 0.2) is 36.4 Å². The van der Waals surface area contributed by atoms with Gasteiger partial charge in [-0.2, -0.15) is 4.39 Å². The Morgan fingerprint density at radius 1 is 1.14 bits per heavy atom. The Bertz CT molecular complexity index is 735. The number of nitro benzene ring substituents is 1. The van der Waals surface area contributed by atoms with Crippen LogP contribution in [0.5, 0.6) is 0 Å². The first-order valence-electron chi connectivity index (χ1n) is 5.69. The average Bonchev–Trinajstić information content (AvgIpc) is 2.41. The fraction of sp³-hybridized carbons (Fsp3) is 0. The second-order valence-electron chi connectivity index (χ2n) is 4.11. The molecule has 0 fully saturated rings. The summed E-state index contributed by atoms with van der Waals surface area (Å²) in [6.45, 7) is 0. The van der Waals surface area contributed by atoms with Crippen LogP contribution in [-0.2, 0) is 0 Å². The summed E-state index contributed by atoms with van der Waals surface area (Å²) in [5.41, 5.74) is 4.48. The third kappa shape index (κ3) is 3.11. The number of nitrogens with two attached hydrogens (primary N) is 1. The molecule has 8 heteroatoms. The summed E-state index contributed by atoms with van der Waals surface area (Å²) >= 11 is 0. The summed E-state index contributed by atoms with van der Waals surface area (Å²) in [5.74, 6) is -2.53. The number of carbonyl (C=O) groups is 1. The molecule has 0 aliphatic carbocycles. The molecule has 2 rings (SSSR count). The highest BCUT2D eigenvalue weighted by molar-refractivity contribution is 6.04. The number of hydrogen-bond acceptors (Lipinski definition) is 4. The molecule has 0 saturated heterocycles. The highest BCUT2D eigenvalue weighted by Crippen LogP contribution is 2.21. The average molecular weight is 293 g/mol. The van der Waals surface area contributed by atoms with Crippen LogP contribution in [0.2, 0.25) is 0 Å². The summed E-state index contributed by atoms with van der Waals surface area (Å²) in [5, 5.41) is 12.8. The molecule has 0 radical (unpaired) electrons. The van der Waals surface area contributed by atoms with Crippen LogP contribution in [-0.4, -0.2) is 10.8 Å². The smallest absolute Gasteiger partial charge is 0.304 e. The van der Waals surface area contributed by atoms with E-state index in [1.54, 1.807) is 0 Å². The first kappa shape index (κ1) is 14.4. The predicted molar refractivity (Wildman–Crippen MR) is 71.8 cm³/mol. The summed E-state index contributed by atoms with van der Waals surface area (Å²) in [7, 11) is 0. The second-order valence-corrected chi connectivity index (χ2v) is 4.11. The maximum atomic E-state index is 13.4. The zero-order valence-electron chi connectivity index (χ0n) is 10.5. The van der Waals surface area contributed by atoms with Gasteiger partial charge in [0, 0.05) is 23.4 Å². The number of hydrogen-bond donors (Lipinski definition) is 2. The van der Waals surface area contributed by atoms with Gasteiger partial charge in [-0.25, -0.2) is 4.39 Å². The molecule has 0 atom stereocenters. The topological polar surface area (TPSA) is 98.3 Å². The molecule has 3 N–H and O–H groups in total. The molecule has 2 aromatic rings. The SMILES string of the molecule is Nc1ccc(C(=O)Nc2ccc([N+](=O)[O-])c(F)c2)cc1F. The Hall–Kier alpha value is -3.03. The van der Waals surface area contributed by atoms with Gasteiger partial charge in [0.25, 0.3) is 5.91 Å². The fourth-order valence-corrected chi connectivity index (χ4v) is 1.60. The maximum absolute atomic E-state index is 13.4. The molecule has 0 bridgehead atoms. The number of nitrogens with zero attached hydrogens (tertiary/aromatic N) is 1. The lowest BCUT2D eigenvalue weighted by Gasteiger charge is -2.06. The van der Waals surface area contributed by atoms with E-state index in [9.17, 15) is 23.7 Å². The lowest BCUT2D eigenvalue weighted by molar-refractivity contribution is -0.387. The number of amides is 1. The maximum Gasteiger partial charge on any atom is 0.304 e. The molecule has 0 aliphatic heterocycles. The molecule has 0 saturated carbocycles. The van der Waals surface area contributed by atoms with Gasteiger partial charge in [-0.1, -0.05) is 0 Å². The van der Waals surface area contributed by atoms with Crippen LogP contribution < -0.4 is 11.1 Å². The summed E-state index contributed by atoms with van der Waals surface area (Å²) in [6.07, 6.45) is 0. The molecule has 2 aromatic carbocycles. The number of nitrogen functional groups attached to an aromatic ring is 1. The minimum absolute atomic E-state index is 0.0135. The first-order valence-corrected chi connectivity index (χ1v) is 5.69. The van der Waals surface area contributed by atoms with Crippen molar-refractivity contribution in [2.24, 2.45) is 0 Å². The zero-order chi connectivity index (χ0) is 15.6. The first-order chi connectivity index (χ1) is 9.88. The van der Waals surface area contributed by atoms with Crippen molar-refractivity contribution in [3.8, 4) is 0 Å². The van der Waals surface area contributed by atoms with Crippen LogP contribution in [0.25, 0.3) is 0 Å². The van der Waals surface area contributed by atoms with E-state index in [2.05, 4.69) is 5.32 Å². The Morgan fingerprint density at radius 3 is 2.43 bits per heavy atom. The Labute approximate surface area is 117 Å². The molecule has 1 amide bonds. The number of nitro groups is 1. The van der Waals surface area contributed by atoms with Crippen LogP contribution >= 0.6 is 0 Å². The van der Waals surface area contributed by atoms with Gasteiger partial charge in [-0.3, -0.25) is 14.9 Å². The quantitative estimate of drug-likeness (QED) is 0.516. The Morgan fingerprint density at radius 2 is 1.86 bits per heavy atom. The fourth-order valence-electron chi connectivity index (χ4n) is 1.60. The molecular formula is C13H9F2N3O3. The minimum Gasteiger partial charge on any atom is -0.396 e. The largest absolute Gasteiger partial charge is 0.396 e.